The normalized spacial score (nSPS) is 12.7. The second-order valence-electron chi connectivity index (χ2n) is 9.33. The minimum atomic E-state index is -4.31. The largest absolute Gasteiger partial charge is 0.396 e. The van der Waals surface area contributed by atoms with Crippen LogP contribution in [0.5, 0.6) is 0 Å². The highest BCUT2D eigenvalue weighted by molar-refractivity contribution is 6.30. The van der Waals surface area contributed by atoms with Gasteiger partial charge in [0, 0.05) is 61.0 Å². The number of hydrogen-bond donors (Lipinski definition) is 1. The first-order valence-electron chi connectivity index (χ1n) is 12.2. The maximum absolute atomic E-state index is 13.3. The van der Waals surface area contributed by atoms with Crippen molar-refractivity contribution in [2.24, 2.45) is 5.92 Å². The van der Waals surface area contributed by atoms with Gasteiger partial charge in [-0.15, -0.1) is 0 Å². The van der Waals surface area contributed by atoms with Crippen molar-refractivity contribution >= 4 is 23.2 Å². The number of rotatable bonds is 11. The van der Waals surface area contributed by atoms with Crippen LogP contribution in [0.3, 0.4) is 0 Å². The number of alkyl halides is 3. The maximum Gasteiger partial charge on any atom is 0.389 e. The zero-order valence-electron chi connectivity index (χ0n) is 20.5. The van der Waals surface area contributed by atoms with Gasteiger partial charge in [-0.3, -0.25) is 14.0 Å². The fourth-order valence-electron chi connectivity index (χ4n) is 4.43. The lowest BCUT2D eigenvalue weighted by Gasteiger charge is -2.14. The molecule has 200 valence electrons. The van der Waals surface area contributed by atoms with E-state index in [4.69, 9.17) is 11.6 Å². The third-order valence-corrected chi connectivity index (χ3v) is 6.53. The van der Waals surface area contributed by atoms with E-state index in [-0.39, 0.29) is 55.5 Å². The molecule has 10 heteroatoms. The lowest BCUT2D eigenvalue weighted by molar-refractivity contribution is -0.135. The Bertz CT molecular complexity index is 1450. The molecular weight excluding hydrogens is 519 g/mol. The second kappa shape index (κ2) is 12.0. The molecule has 2 aromatic heterocycles. The topological polar surface area (TPSA) is 76.6 Å². The number of carbonyl (C=O) groups excluding carboxylic acids is 1. The van der Waals surface area contributed by atoms with Gasteiger partial charge in [0.15, 0.2) is 0 Å². The Labute approximate surface area is 222 Å². The molecule has 0 aliphatic carbocycles. The van der Waals surface area contributed by atoms with E-state index in [1.165, 1.54) is 21.4 Å². The highest BCUT2D eigenvalue weighted by Crippen LogP contribution is 2.24. The number of ketones is 1. The Hall–Kier alpha value is -3.43. The number of aliphatic hydroxyl groups is 1. The summed E-state index contributed by atoms with van der Waals surface area (Å²) in [4.78, 5) is 30.7. The van der Waals surface area contributed by atoms with Gasteiger partial charge >= 0.3 is 6.18 Å². The molecule has 4 aromatic rings. The molecule has 0 spiro atoms. The van der Waals surface area contributed by atoms with Crippen molar-refractivity contribution in [3.63, 3.8) is 0 Å². The molecule has 0 aliphatic heterocycles. The number of aryl methyl sites for hydroxylation is 1. The lowest BCUT2D eigenvalue weighted by atomic mass is 9.93. The van der Waals surface area contributed by atoms with Gasteiger partial charge in [0.05, 0.1) is 5.69 Å². The average molecular weight is 546 g/mol. The zero-order chi connectivity index (χ0) is 27.3. The van der Waals surface area contributed by atoms with Crippen molar-refractivity contribution in [3.8, 4) is 11.3 Å². The van der Waals surface area contributed by atoms with Crippen LogP contribution in [0.4, 0.5) is 13.2 Å². The molecule has 0 radical (unpaired) electrons. The van der Waals surface area contributed by atoms with Crippen LogP contribution in [0.25, 0.3) is 17.0 Å². The summed E-state index contributed by atoms with van der Waals surface area (Å²) in [6, 6.07) is 16.3. The number of Topliss-reactive ketones (excluding diaryl/α,β-unsaturated/α-hetero) is 1. The molecule has 0 saturated heterocycles. The van der Waals surface area contributed by atoms with Gasteiger partial charge in [0.25, 0.3) is 5.56 Å². The molecule has 2 heterocycles. The van der Waals surface area contributed by atoms with Crippen LogP contribution in [0.1, 0.15) is 30.4 Å². The van der Waals surface area contributed by atoms with Crippen molar-refractivity contribution in [2.75, 3.05) is 6.61 Å². The van der Waals surface area contributed by atoms with Crippen molar-refractivity contribution in [1.29, 1.82) is 0 Å². The van der Waals surface area contributed by atoms with E-state index >= 15 is 0 Å². The van der Waals surface area contributed by atoms with E-state index in [0.717, 1.165) is 5.56 Å². The van der Waals surface area contributed by atoms with Crippen LogP contribution in [0.15, 0.2) is 71.8 Å². The fraction of sp³-hybridized carbons (Fsp3) is 0.321. The van der Waals surface area contributed by atoms with Gasteiger partial charge in [0.2, 0.25) is 5.78 Å². The van der Waals surface area contributed by atoms with Crippen LogP contribution >= 0.6 is 11.6 Å². The molecule has 0 aliphatic rings. The smallest absolute Gasteiger partial charge is 0.389 e. The van der Waals surface area contributed by atoms with Crippen molar-refractivity contribution < 1.29 is 23.1 Å². The average Bonchev–Trinajstić information content (AvgIpc) is 3.33. The molecule has 2 aromatic carbocycles. The van der Waals surface area contributed by atoms with Gasteiger partial charge in [-0.25, -0.2) is 4.98 Å². The number of aliphatic hydroxyl groups excluding tert-OH is 1. The summed E-state index contributed by atoms with van der Waals surface area (Å²) in [6.45, 7) is -0.220. The van der Waals surface area contributed by atoms with Crippen LogP contribution in [-0.2, 0) is 24.2 Å². The number of aromatic nitrogens is 3. The standard InChI is InChI=1S/C28H27ClF3N3O3/c29-23-9-7-21(8-10-23)25-17-35-26(38)22(16-34(27(35)33-25)12-4-11-28(30,31)32)15-24(37)14-20(18-36)13-19-5-2-1-3-6-19/h1-3,5-10,16-17,20,36H,4,11-15,18H2/t20-/m0/s1. The van der Waals surface area contributed by atoms with E-state index < -0.39 is 18.2 Å². The number of hydrogen-bond acceptors (Lipinski definition) is 4. The number of carbonyl (C=O) groups is 1. The third-order valence-electron chi connectivity index (χ3n) is 6.28. The monoisotopic (exact) mass is 545 g/mol. The first-order chi connectivity index (χ1) is 18.1. The minimum Gasteiger partial charge on any atom is -0.396 e. The summed E-state index contributed by atoms with van der Waals surface area (Å²) < 4.78 is 41.2. The quantitative estimate of drug-likeness (QED) is 0.269. The summed E-state index contributed by atoms with van der Waals surface area (Å²) in [5.74, 6) is -0.362. The summed E-state index contributed by atoms with van der Waals surface area (Å²) >= 11 is 5.96. The van der Waals surface area contributed by atoms with Crippen LogP contribution in [-0.4, -0.2) is 37.6 Å². The number of halogens is 4. The van der Waals surface area contributed by atoms with Crippen LogP contribution < -0.4 is 5.56 Å². The van der Waals surface area contributed by atoms with Crippen molar-refractivity contribution in [3.05, 3.63) is 93.5 Å². The second-order valence-corrected chi connectivity index (χ2v) is 9.77. The Morgan fingerprint density at radius 3 is 2.42 bits per heavy atom. The highest BCUT2D eigenvalue weighted by atomic mass is 35.5. The van der Waals surface area contributed by atoms with E-state index in [1.807, 2.05) is 30.3 Å². The predicted octanol–water partition coefficient (Wildman–Crippen LogP) is 5.51. The van der Waals surface area contributed by atoms with Gasteiger partial charge < -0.3 is 9.67 Å². The van der Waals surface area contributed by atoms with E-state index in [0.29, 0.717) is 22.7 Å². The van der Waals surface area contributed by atoms with Crippen molar-refractivity contribution in [2.45, 2.75) is 44.8 Å². The van der Waals surface area contributed by atoms with Gasteiger partial charge in [-0.05, 0) is 36.5 Å². The van der Waals surface area contributed by atoms with E-state index in [9.17, 15) is 27.9 Å². The number of imidazole rings is 1. The number of nitrogens with zero attached hydrogens (tertiary/aromatic N) is 3. The van der Waals surface area contributed by atoms with Gasteiger partial charge in [0.1, 0.15) is 5.78 Å². The third kappa shape index (κ3) is 7.11. The minimum absolute atomic E-state index is 0.0329. The number of benzene rings is 2. The van der Waals surface area contributed by atoms with Gasteiger partial charge in [-0.2, -0.15) is 13.2 Å². The zero-order valence-corrected chi connectivity index (χ0v) is 21.3. The Morgan fingerprint density at radius 1 is 1.05 bits per heavy atom. The SMILES string of the molecule is O=C(Cc1cn(CCCC(F)(F)F)c2nc(-c3ccc(Cl)cc3)cn2c1=O)C[C@@H](CO)Cc1ccccc1. The molecule has 0 fully saturated rings. The molecule has 0 saturated carbocycles. The number of fused-ring (bicyclic) bond motifs is 1. The molecular formula is C28H27ClF3N3O3. The van der Waals surface area contributed by atoms with Crippen LogP contribution in [0, 0.1) is 5.92 Å². The van der Waals surface area contributed by atoms with Gasteiger partial charge in [-0.1, -0.05) is 54.1 Å². The molecule has 0 amide bonds. The molecule has 6 nitrogen and oxygen atoms in total. The summed E-state index contributed by atoms with van der Waals surface area (Å²) in [6.07, 6.45) is -2.18. The molecule has 38 heavy (non-hydrogen) atoms. The highest BCUT2D eigenvalue weighted by Gasteiger charge is 2.26. The maximum atomic E-state index is 13.3. The Balaban J connectivity index is 1.62. The first kappa shape index (κ1) is 27.6. The molecule has 0 unspecified atom stereocenters. The summed E-state index contributed by atoms with van der Waals surface area (Å²) in [5.41, 5.74) is 1.82. The first-order valence-corrected chi connectivity index (χ1v) is 12.6. The molecule has 4 rings (SSSR count). The van der Waals surface area contributed by atoms with Crippen molar-refractivity contribution in [1.82, 2.24) is 14.0 Å². The van der Waals surface area contributed by atoms with E-state index in [1.54, 1.807) is 24.3 Å². The predicted molar refractivity (Wildman–Crippen MR) is 139 cm³/mol. The Kier molecular flexibility index (Phi) is 8.69. The molecule has 1 N–H and O–H groups in total. The summed E-state index contributed by atoms with van der Waals surface area (Å²) in [5, 5.41) is 10.3. The molecule has 1 atom stereocenters. The van der Waals surface area contributed by atoms with Crippen LogP contribution in [0.2, 0.25) is 5.02 Å². The fourth-order valence-corrected chi connectivity index (χ4v) is 4.55. The lowest BCUT2D eigenvalue weighted by Crippen LogP contribution is -2.25. The summed E-state index contributed by atoms with van der Waals surface area (Å²) in [7, 11) is 0. The van der Waals surface area contributed by atoms with E-state index in [2.05, 4.69) is 4.98 Å². The Morgan fingerprint density at radius 2 is 1.76 bits per heavy atom. The molecule has 0 bridgehead atoms.